The number of fused-ring (bicyclic) bond motifs is 2. The molecule has 0 fully saturated rings. The molecule has 4 rings (SSSR count). The molecule has 2 aliphatic carbocycles. The van der Waals surface area contributed by atoms with Gasteiger partial charge in [0.1, 0.15) is 0 Å². The molecule has 4 heteroatoms. The zero-order valence-electron chi connectivity index (χ0n) is 25.7. The summed E-state index contributed by atoms with van der Waals surface area (Å²) >= 11 is -4.67. The van der Waals surface area contributed by atoms with Crippen LogP contribution in [0.3, 0.4) is 0 Å². The number of halogens is 2. The third kappa shape index (κ3) is 4.66. The van der Waals surface area contributed by atoms with Gasteiger partial charge in [0, 0.05) is 0 Å². The van der Waals surface area contributed by atoms with Crippen LogP contribution in [0.4, 0.5) is 0 Å². The molecule has 2 aromatic rings. The van der Waals surface area contributed by atoms with Gasteiger partial charge in [0.2, 0.25) is 0 Å². The van der Waals surface area contributed by atoms with Gasteiger partial charge in [-0.3, -0.25) is 0 Å². The van der Waals surface area contributed by atoms with E-state index in [4.69, 9.17) is 17.0 Å². The summed E-state index contributed by atoms with van der Waals surface area (Å²) < 4.78 is 0.304. The molecule has 0 bridgehead atoms. The number of rotatable bonds is 6. The summed E-state index contributed by atoms with van der Waals surface area (Å²) in [4.78, 5) is 0. The fraction of sp³-hybridized carbons (Fsp3) is 0.529. The minimum absolute atomic E-state index is 0.152. The van der Waals surface area contributed by atoms with Crippen molar-refractivity contribution in [3.05, 3.63) is 79.9 Å². The van der Waals surface area contributed by atoms with E-state index in [9.17, 15) is 0 Å². The molecule has 0 radical (unpaired) electrons. The van der Waals surface area contributed by atoms with E-state index in [1.807, 2.05) is 0 Å². The SMILES string of the molecule is CC1=Cc2c(C(C)C)cc(C(C)C)cc2[CH]1[Zr]([Cl])([Cl])([CH]1C(C)=Cc2c(C(C)C)cc(C(C)C)cc21)=[Si](C)C. The van der Waals surface area contributed by atoms with Gasteiger partial charge in [-0.25, -0.2) is 0 Å². The predicted molar refractivity (Wildman–Crippen MR) is 171 cm³/mol. The topological polar surface area (TPSA) is 0 Å². The molecule has 38 heavy (non-hydrogen) atoms. The Balaban J connectivity index is 2.09. The first-order chi connectivity index (χ1) is 17.5. The molecule has 0 nitrogen and oxygen atoms in total. The van der Waals surface area contributed by atoms with Gasteiger partial charge < -0.3 is 0 Å². The van der Waals surface area contributed by atoms with Crippen molar-refractivity contribution in [2.45, 2.75) is 113 Å². The van der Waals surface area contributed by atoms with Crippen molar-refractivity contribution in [1.29, 1.82) is 0 Å². The van der Waals surface area contributed by atoms with Crippen LogP contribution in [0.1, 0.15) is 145 Å². The van der Waals surface area contributed by atoms with E-state index in [-0.39, 0.29) is 7.25 Å². The van der Waals surface area contributed by atoms with Gasteiger partial charge in [0.05, 0.1) is 0 Å². The molecular formula is C34H48Cl2SiZr. The van der Waals surface area contributed by atoms with E-state index in [1.54, 1.807) is 0 Å². The molecule has 0 N–H and O–H groups in total. The Morgan fingerprint density at radius 2 is 0.947 bits per heavy atom. The summed E-state index contributed by atoms with van der Waals surface area (Å²) in [6.45, 7) is 27.9. The Kier molecular flexibility index (Phi) is 8.41. The zero-order valence-corrected chi connectivity index (χ0v) is 30.7. The molecule has 0 spiro atoms. The standard InChI is InChI=1S/2C16H21.C2H6Si.2ClH.Zr/c2*1-10(2)13-8-14-6-12(5)7-16(14)15(9-13)11(3)4;1-3-2;;;/h2*6-11H,1-5H3;1-2H3;2*1H;/q;;;;;+2/p-2. The van der Waals surface area contributed by atoms with E-state index in [1.165, 1.54) is 55.7 Å². The Bertz CT molecular complexity index is 1330. The number of hydrogen-bond acceptors (Lipinski definition) is 0. The molecule has 0 amide bonds. The molecular weight excluding hydrogens is 599 g/mol. The number of allylic oxidation sites excluding steroid dienone is 2. The van der Waals surface area contributed by atoms with Crippen LogP contribution in [-0.4, -0.2) is 5.43 Å². The van der Waals surface area contributed by atoms with Gasteiger partial charge >= 0.3 is 243 Å². The van der Waals surface area contributed by atoms with Crippen molar-refractivity contribution in [3.8, 4) is 0 Å². The van der Waals surface area contributed by atoms with Gasteiger partial charge in [-0.1, -0.05) is 0 Å². The molecule has 2 unspecified atom stereocenters. The molecule has 206 valence electrons. The number of hydrogen-bond donors (Lipinski definition) is 0. The summed E-state index contributed by atoms with van der Waals surface area (Å²) in [5, 5.41) is 0. The summed E-state index contributed by atoms with van der Waals surface area (Å²) in [5.41, 5.74) is 13.1. The average Bonchev–Trinajstić information content (AvgIpc) is 3.33. The van der Waals surface area contributed by atoms with Gasteiger partial charge in [-0.2, -0.15) is 0 Å². The van der Waals surface area contributed by atoms with E-state index < -0.39 is 20.4 Å². The van der Waals surface area contributed by atoms with E-state index in [0.717, 1.165) is 0 Å². The molecule has 0 saturated heterocycles. The Hall–Kier alpha value is -0.400. The van der Waals surface area contributed by atoms with Gasteiger partial charge in [-0.15, -0.1) is 0 Å². The third-order valence-electron chi connectivity index (χ3n) is 9.40. The van der Waals surface area contributed by atoms with Crippen molar-refractivity contribution < 1.29 is 15.0 Å². The van der Waals surface area contributed by atoms with Crippen LogP contribution in [0, 0.1) is 0 Å². The van der Waals surface area contributed by atoms with E-state index >= 15 is 0 Å². The summed E-state index contributed by atoms with van der Waals surface area (Å²) in [6.07, 6.45) is 4.89. The van der Waals surface area contributed by atoms with Crippen LogP contribution in [0.5, 0.6) is 0 Å². The predicted octanol–water partition coefficient (Wildman–Crippen LogP) is 12.0. The second kappa shape index (κ2) is 10.5. The molecule has 2 aliphatic rings. The van der Waals surface area contributed by atoms with Crippen LogP contribution in [0.15, 0.2) is 35.4 Å². The fourth-order valence-electron chi connectivity index (χ4n) is 7.14. The molecule has 2 atom stereocenters. The third-order valence-corrected chi connectivity index (χ3v) is 56.4. The maximum absolute atomic E-state index is 8.45. The van der Waals surface area contributed by atoms with Crippen LogP contribution < -0.4 is 0 Å². The Morgan fingerprint density at radius 1 is 0.605 bits per heavy atom. The van der Waals surface area contributed by atoms with Crippen LogP contribution >= 0.6 is 17.0 Å². The average molecular weight is 647 g/mol. The van der Waals surface area contributed by atoms with Crippen molar-refractivity contribution in [1.82, 2.24) is 0 Å². The van der Waals surface area contributed by atoms with Crippen LogP contribution in [0.25, 0.3) is 12.2 Å². The normalized spacial score (nSPS) is 19.4. The van der Waals surface area contributed by atoms with Crippen molar-refractivity contribution in [2.24, 2.45) is 0 Å². The minimum atomic E-state index is -4.67. The van der Waals surface area contributed by atoms with Crippen LogP contribution in [0.2, 0.25) is 13.1 Å². The molecule has 0 saturated carbocycles. The molecule has 0 heterocycles. The van der Waals surface area contributed by atoms with Crippen LogP contribution in [-0.2, 0) is 15.0 Å². The van der Waals surface area contributed by atoms with E-state index in [2.05, 4.69) is 119 Å². The first-order valence-corrected chi connectivity index (χ1v) is 30.0. The van der Waals surface area contributed by atoms with Crippen molar-refractivity contribution in [3.63, 3.8) is 0 Å². The molecule has 0 aliphatic heterocycles. The monoisotopic (exact) mass is 644 g/mol. The van der Waals surface area contributed by atoms with Gasteiger partial charge in [0.25, 0.3) is 0 Å². The van der Waals surface area contributed by atoms with Gasteiger partial charge in [0.15, 0.2) is 0 Å². The Labute approximate surface area is 241 Å². The first kappa shape index (κ1) is 30.6. The molecule has 0 aromatic heterocycles. The van der Waals surface area contributed by atoms with Gasteiger partial charge in [-0.05, 0) is 0 Å². The summed E-state index contributed by atoms with van der Waals surface area (Å²) in [7, 11) is 16.9. The quantitative estimate of drug-likeness (QED) is 0.274. The van der Waals surface area contributed by atoms with Crippen molar-refractivity contribution in [2.75, 3.05) is 0 Å². The Morgan fingerprint density at radius 3 is 1.21 bits per heavy atom. The summed E-state index contributed by atoms with van der Waals surface area (Å²) in [6, 6.07) is 9.84. The van der Waals surface area contributed by atoms with E-state index in [0.29, 0.717) is 23.7 Å². The first-order valence-electron chi connectivity index (χ1n) is 14.6. The fourth-order valence-corrected chi connectivity index (χ4v) is 37.5. The summed E-state index contributed by atoms with van der Waals surface area (Å²) in [5.74, 6) is 1.85. The van der Waals surface area contributed by atoms with Crippen molar-refractivity contribution >= 4 is 34.6 Å². The second-order valence-electron chi connectivity index (χ2n) is 13.6. The zero-order chi connectivity index (χ0) is 28.5. The number of benzene rings is 2. The second-order valence-corrected chi connectivity index (χ2v) is 52.4. The maximum atomic E-state index is 8.45. The molecule has 2 aromatic carbocycles.